The van der Waals surface area contributed by atoms with Gasteiger partial charge in [0.1, 0.15) is 17.3 Å². The molecule has 1 amide bonds. The number of anilines is 1. The number of ether oxygens (including phenoxy) is 2. The van der Waals surface area contributed by atoms with Crippen molar-refractivity contribution in [1.29, 1.82) is 0 Å². The fourth-order valence-electron chi connectivity index (χ4n) is 2.10. The molecular weight excluding hydrogens is 330 g/mol. The highest BCUT2D eigenvalue weighted by Crippen LogP contribution is 2.35. The molecule has 0 aliphatic carbocycles. The van der Waals surface area contributed by atoms with E-state index >= 15 is 0 Å². The largest absolute Gasteiger partial charge is 0.497 e. The Bertz CT molecular complexity index is 872. The standard InChI is InChI=1S/C16H15N3O4S/c1-9-6-12(19-23-9)15(20)18-16-17-13(8-24-16)11-7-10(21-2)4-5-14(11)22-3/h4-8H,1-3H3,(H,17,18,20). The first-order chi connectivity index (χ1) is 11.6. The average Bonchev–Trinajstić information content (AvgIpc) is 3.23. The molecule has 3 aromatic rings. The Kier molecular flexibility index (Phi) is 4.48. The summed E-state index contributed by atoms with van der Waals surface area (Å²) in [6.45, 7) is 1.72. The summed E-state index contributed by atoms with van der Waals surface area (Å²) in [6, 6.07) is 7.02. The van der Waals surface area contributed by atoms with Crippen LogP contribution >= 0.6 is 11.3 Å². The number of aromatic nitrogens is 2. The van der Waals surface area contributed by atoms with Gasteiger partial charge in [0.05, 0.1) is 19.9 Å². The van der Waals surface area contributed by atoms with Crippen LogP contribution in [-0.2, 0) is 0 Å². The van der Waals surface area contributed by atoms with Crippen molar-refractivity contribution in [2.45, 2.75) is 6.92 Å². The maximum absolute atomic E-state index is 12.1. The van der Waals surface area contributed by atoms with Crippen LogP contribution in [0.5, 0.6) is 11.5 Å². The second-order valence-electron chi connectivity index (χ2n) is 4.88. The van der Waals surface area contributed by atoms with Gasteiger partial charge in [-0.2, -0.15) is 0 Å². The zero-order valence-electron chi connectivity index (χ0n) is 13.3. The van der Waals surface area contributed by atoms with E-state index in [1.165, 1.54) is 11.3 Å². The predicted molar refractivity (Wildman–Crippen MR) is 89.8 cm³/mol. The molecule has 3 rings (SSSR count). The fraction of sp³-hybridized carbons (Fsp3) is 0.188. The molecule has 0 saturated heterocycles. The van der Waals surface area contributed by atoms with Gasteiger partial charge in [0.25, 0.3) is 5.91 Å². The highest BCUT2D eigenvalue weighted by Gasteiger charge is 2.15. The molecule has 0 aliphatic heterocycles. The molecule has 0 radical (unpaired) electrons. The Morgan fingerprint density at radius 1 is 1.25 bits per heavy atom. The molecule has 124 valence electrons. The average molecular weight is 345 g/mol. The van der Waals surface area contributed by atoms with Crippen LogP contribution in [-0.4, -0.2) is 30.3 Å². The van der Waals surface area contributed by atoms with Crippen LogP contribution in [0.2, 0.25) is 0 Å². The summed E-state index contributed by atoms with van der Waals surface area (Å²) in [5.41, 5.74) is 1.68. The second-order valence-corrected chi connectivity index (χ2v) is 5.74. The van der Waals surface area contributed by atoms with Gasteiger partial charge in [0.2, 0.25) is 0 Å². The van der Waals surface area contributed by atoms with Crippen molar-refractivity contribution in [3.05, 3.63) is 41.1 Å². The van der Waals surface area contributed by atoms with Gasteiger partial charge in [-0.15, -0.1) is 11.3 Å². The lowest BCUT2D eigenvalue weighted by atomic mass is 10.1. The number of nitrogens with one attached hydrogen (secondary N) is 1. The molecule has 2 heterocycles. The van der Waals surface area contributed by atoms with E-state index in [0.717, 1.165) is 5.56 Å². The first-order valence-electron chi connectivity index (χ1n) is 7.03. The summed E-state index contributed by atoms with van der Waals surface area (Å²) in [4.78, 5) is 16.5. The molecule has 1 N–H and O–H groups in total. The number of amides is 1. The lowest BCUT2D eigenvalue weighted by molar-refractivity contribution is 0.101. The Balaban J connectivity index is 1.84. The number of carbonyl (C=O) groups excluding carboxylic acids is 1. The Morgan fingerprint density at radius 3 is 2.75 bits per heavy atom. The molecule has 24 heavy (non-hydrogen) atoms. The van der Waals surface area contributed by atoms with E-state index in [1.807, 2.05) is 23.6 Å². The first kappa shape index (κ1) is 16.0. The van der Waals surface area contributed by atoms with Gasteiger partial charge in [-0.3, -0.25) is 10.1 Å². The number of nitrogens with zero attached hydrogens (tertiary/aromatic N) is 2. The lowest BCUT2D eigenvalue weighted by Crippen LogP contribution is -2.11. The maximum atomic E-state index is 12.1. The van der Waals surface area contributed by atoms with Gasteiger partial charge < -0.3 is 14.0 Å². The summed E-state index contributed by atoms with van der Waals surface area (Å²) >= 11 is 1.31. The second kappa shape index (κ2) is 6.71. The molecule has 8 heteroatoms. The Hall–Kier alpha value is -2.87. The summed E-state index contributed by atoms with van der Waals surface area (Å²) in [6.07, 6.45) is 0. The fourth-order valence-corrected chi connectivity index (χ4v) is 2.81. The number of rotatable bonds is 5. The van der Waals surface area contributed by atoms with Crippen LogP contribution in [0.4, 0.5) is 5.13 Å². The van der Waals surface area contributed by atoms with Crippen LogP contribution in [0.25, 0.3) is 11.3 Å². The van der Waals surface area contributed by atoms with E-state index in [0.29, 0.717) is 28.1 Å². The number of thiazole rings is 1. The predicted octanol–water partition coefficient (Wildman–Crippen LogP) is 3.38. The van der Waals surface area contributed by atoms with Crippen LogP contribution in [0.1, 0.15) is 16.2 Å². The van der Waals surface area contributed by atoms with E-state index < -0.39 is 0 Å². The third kappa shape index (κ3) is 3.23. The zero-order chi connectivity index (χ0) is 17.1. The Labute approximate surface area is 142 Å². The lowest BCUT2D eigenvalue weighted by Gasteiger charge is -2.08. The highest BCUT2D eigenvalue weighted by atomic mass is 32.1. The molecular formula is C16H15N3O4S. The number of carbonyl (C=O) groups is 1. The van der Waals surface area contributed by atoms with E-state index in [-0.39, 0.29) is 11.6 Å². The van der Waals surface area contributed by atoms with Crippen LogP contribution in [0.3, 0.4) is 0 Å². The Morgan fingerprint density at radius 2 is 2.08 bits per heavy atom. The summed E-state index contributed by atoms with van der Waals surface area (Å²) < 4.78 is 15.5. The van der Waals surface area contributed by atoms with Gasteiger partial charge >= 0.3 is 0 Å². The van der Waals surface area contributed by atoms with Crippen molar-refractivity contribution in [1.82, 2.24) is 10.1 Å². The van der Waals surface area contributed by atoms with E-state index in [1.54, 1.807) is 27.2 Å². The third-order valence-corrected chi connectivity index (χ3v) is 4.03. The van der Waals surface area contributed by atoms with Gasteiger partial charge in [0, 0.05) is 17.0 Å². The van der Waals surface area contributed by atoms with Crippen molar-refractivity contribution in [2.75, 3.05) is 19.5 Å². The van der Waals surface area contributed by atoms with Gasteiger partial charge in [0.15, 0.2) is 10.8 Å². The molecule has 1 aromatic carbocycles. The minimum atomic E-state index is -0.370. The summed E-state index contributed by atoms with van der Waals surface area (Å²) in [5.74, 6) is 1.57. The molecule has 7 nitrogen and oxygen atoms in total. The van der Waals surface area contributed by atoms with Crippen molar-refractivity contribution in [3.8, 4) is 22.8 Å². The molecule has 0 fully saturated rings. The minimum Gasteiger partial charge on any atom is -0.497 e. The first-order valence-corrected chi connectivity index (χ1v) is 7.91. The number of hydrogen-bond donors (Lipinski definition) is 1. The normalized spacial score (nSPS) is 10.5. The van der Waals surface area contributed by atoms with Gasteiger partial charge in [-0.05, 0) is 25.1 Å². The van der Waals surface area contributed by atoms with Crippen LogP contribution in [0.15, 0.2) is 34.2 Å². The molecule has 0 aliphatic rings. The summed E-state index contributed by atoms with van der Waals surface area (Å²) in [5, 5.41) is 8.67. The number of aryl methyl sites for hydroxylation is 1. The van der Waals surface area contributed by atoms with Gasteiger partial charge in [-0.25, -0.2) is 4.98 Å². The molecule has 0 bridgehead atoms. The molecule has 0 saturated carbocycles. The maximum Gasteiger partial charge on any atom is 0.279 e. The van der Waals surface area contributed by atoms with E-state index in [9.17, 15) is 4.79 Å². The molecule has 0 atom stereocenters. The number of methoxy groups -OCH3 is 2. The quantitative estimate of drug-likeness (QED) is 0.763. The molecule has 2 aromatic heterocycles. The minimum absolute atomic E-state index is 0.211. The van der Waals surface area contributed by atoms with Crippen molar-refractivity contribution >= 4 is 22.4 Å². The number of hydrogen-bond acceptors (Lipinski definition) is 7. The third-order valence-electron chi connectivity index (χ3n) is 3.27. The topological polar surface area (TPSA) is 86.5 Å². The smallest absolute Gasteiger partial charge is 0.279 e. The zero-order valence-corrected chi connectivity index (χ0v) is 14.1. The van der Waals surface area contributed by atoms with Crippen molar-refractivity contribution < 1.29 is 18.8 Å². The van der Waals surface area contributed by atoms with E-state index in [4.69, 9.17) is 14.0 Å². The SMILES string of the molecule is COc1ccc(OC)c(-c2csc(NC(=O)c3cc(C)on3)n2)c1. The van der Waals surface area contributed by atoms with Crippen molar-refractivity contribution in [2.24, 2.45) is 0 Å². The molecule has 0 unspecified atom stereocenters. The summed E-state index contributed by atoms with van der Waals surface area (Å²) in [7, 11) is 3.19. The number of benzene rings is 1. The molecule has 0 spiro atoms. The highest BCUT2D eigenvalue weighted by molar-refractivity contribution is 7.14. The monoisotopic (exact) mass is 345 g/mol. The van der Waals surface area contributed by atoms with Crippen LogP contribution in [0, 0.1) is 6.92 Å². The van der Waals surface area contributed by atoms with Gasteiger partial charge in [-0.1, -0.05) is 5.16 Å². The van der Waals surface area contributed by atoms with Crippen LogP contribution < -0.4 is 14.8 Å². The van der Waals surface area contributed by atoms with Crippen molar-refractivity contribution in [3.63, 3.8) is 0 Å². The van der Waals surface area contributed by atoms with E-state index in [2.05, 4.69) is 15.5 Å².